The molecule has 162 valence electrons. The van der Waals surface area contributed by atoms with Gasteiger partial charge in [-0.25, -0.2) is 4.79 Å². The molecule has 6 nitrogen and oxygen atoms in total. The number of urea groups is 1. The van der Waals surface area contributed by atoms with Crippen molar-refractivity contribution < 1.29 is 14.3 Å². The third kappa shape index (κ3) is 3.75. The third-order valence-corrected chi connectivity index (χ3v) is 6.79. The lowest BCUT2D eigenvalue weighted by Crippen LogP contribution is -2.47. The maximum atomic E-state index is 13.7. The lowest BCUT2D eigenvalue weighted by Gasteiger charge is -2.31. The zero-order chi connectivity index (χ0) is 21.4. The Balaban J connectivity index is 1.36. The summed E-state index contributed by atoms with van der Waals surface area (Å²) in [6.45, 7) is 5.36. The third-order valence-electron chi connectivity index (χ3n) is 6.79. The van der Waals surface area contributed by atoms with Crippen molar-refractivity contribution >= 4 is 17.6 Å². The van der Waals surface area contributed by atoms with Gasteiger partial charge < -0.3 is 14.5 Å². The highest BCUT2D eigenvalue weighted by molar-refractivity contribution is 5.95. The monoisotopic (exact) mass is 419 g/mol. The van der Waals surface area contributed by atoms with Gasteiger partial charge in [0.25, 0.3) is 0 Å². The van der Waals surface area contributed by atoms with E-state index in [1.165, 1.54) is 5.56 Å². The lowest BCUT2D eigenvalue weighted by atomic mass is 9.98. The van der Waals surface area contributed by atoms with Gasteiger partial charge in [-0.1, -0.05) is 36.4 Å². The Morgan fingerprint density at radius 2 is 1.94 bits per heavy atom. The average molecular weight is 420 g/mol. The van der Waals surface area contributed by atoms with Crippen LogP contribution in [0.25, 0.3) is 0 Å². The quantitative estimate of drug-likeness (QED) is 0.756. The molecule has 5 rings (SSSR count). The summed E-state index contributed by atoms with van der Waals surface area (Å²) in [7, 11) is 0. The minimum absolute atomic E-state index is 0.0201. The number of para-hydroxylation sites is 2. The first-order valence-corrected chi connectivity index (χ1v) is 11.3. The SMILES string of the molecule is C[C@H]1COc2ccccc2CN1C(=O)N1C[C@@H](CCN2CCCC2=O)c2ccccc21. The Hall–Kier alpha value is -3.02. The molecule has 2 aromatic carbocycles. The summed E-state index contributed by atoms with van der Waals surface area (Å²) < 4.78 is 5.95. The van der Waals surface area contributed by atoms with Crippen LogP contribution in [0.1, 0.15) is 43.2 Å². The molecule has 6 heteroatoms. The van der Waals surface area contributed by atoms with E-state index in [0.29, 0.717) is 26.1 Å². The number of fused-ring (bicyclic) bond motifs is 2. The normalized spacial score (nSPS) is 22.7. The van der Waals surface area contributed by atoms with Crippen LogP contribution < -0.4 is 9.64 Å². The molecule has 1 fully saturated rings. The molecule has 0 saturated carbocycles. The minimum atomic E-state index is -0.0201. The molecule has 0 aliphatic carbocycles. The number of anilines is 1. The van der Waals surface area contributed by atoms with Crippen LogP contribution in [-0.2, 0) is 11.3 Å². The van der Waals surface area contributed by atoms with E-state index in [-0.39, 0.29) is 23.9 Å². The second-order valence-corrected chi connectivity index (χ2v) is 8.82. The van der Waals surface area contributed by atoms with E-state index in [2.05, 4.69) is 6.07 Å². The number of ether oxygens (including phenoxy) is 1. The molecule has 3 aliphatic rings. The number of carbonyl (C=O) groups excluding carboxylic acids is 2. The summed E-state index contributed by atoms with van der Waals surface area (Å²) in [5, 5.41) is 0. The molecule has 3 aliphatic heterocycles. The number of carbonyl (C=O) groups is 2. The average Bonchev–Trinajstić information content (AvgIpc) is 3.32. The number of hydrogen-bond donors (Lipinski definition) is 0. The predicted molar refractivity (Wildman–Crippen MR) is 119 cm³/mol. The van der Waals surface area contributed by atoms with Crippen molar-refractivity contribution in [3.8, 4) is 5.75 Å². The Morgan fingerprint density at radius 3 is 2.77 bits per heavy atom. The first kappa shape index (κ1) is 19.9. The molecule has 0 N–H and O–H groups in total. The first-order chi connectivity index (χ1) is 15.1. The smallest absolute Gasteiger partial charge is 0.325 e. The number of likely N-dealkylation sites (tertiary alicyclic amines) is 1. The Morgan fingerprint density at radius 1 is 1.13 bits per heavy atom. The van der Waals surface area contributed by atoms with Gasteiger partial charge in [0.2, 0.25) is 5.91 Å². The van der Waals surface area contributed by atoms with E-state index < -0.39 is 0 Å². The Labute approximate surface area is 183 Å². The largest absolute Gasteiger partial charge is 0.491 e. The zero-order valence-corrected chi connectivity index (χ0v) is 18.0. The van der Waals surface area contributed by atoms with Crippen LogP contribution in [-0.4, -0.2) is 54.0 Å². The van der Waals surface area contributed by atoms with E-state index in [1.54, 1.807) is 0 Å². The maximum absolute atomic E-state index is 13.7. The van der Waals surface area contributed by atoms with E-state index in [1.807, 2.05) is 64.1 Å². The number of amides is 3. The van der Waals surface area contributed by atoms with Crippen molar-refractivity contribution in [3.63, 3.8) is 0 Å². The lowest BCUT2D eigenvalue weighted by molar-refractivity contribution is -0.127. The number of nitrogens with zero attached hydrogens (tertiary/aromatic N) is 3. The van der Waals surface area contributed by atoms with E-state index in [4.69, 9.17) is 4.74 Å². The summed E-state index contributed by atoms with van der Waals surface area (Å²) in [5.41, 5.74) is 3.24. The standard InChI is InChI=1S/C25H29N3O3/c1-18-17-31-23-10-5-2-7-20(23)16-27(18)25(30)28-15-19(21-8-3-4-9-22(21)28)12-14-26-13-6-11-24(26)29/h2-5,7-10,18-19H,6,11-17H2,1H3/t18-,19+/m0/s1. The second-order valence-electron chi connectivity index (χ2n) is 8.82. The van der Waals surface area contributed by atoms with Crippen molar-refractivity contribution in [1.82, 2.24) is 9.80 Å². The summed E-state index contributed by atoms with van der Waals surface area (Å²) in [5.74, 6) is 1.37. The van der Waals surface area contributed by atoms with E-state index in [0.717, 1.165) is 42.9 Å². The fourth-order valence-corrected chi connectivity index (χ4v) is 5.00. The molecule has 0 bridgehead atoms. The van der Waals surface area contributed by atoms with Gasteiger partial charge in [-0.15, -0.1) is 0 Å². The van der Waals surface area contributed by atoms with Crippen LogP contribution in [0.15, 0.2) is 48.5 Å². The van der Waals surface area contributed by atoms with Gasteiger partial charge >= 0.3 is 6.03 Å². The fraction of sp³-hybridized carbons (Fsp3) is 0.440. The molecular formula is C25H29N3O3. The fourth-order valence-electron chi connectivity index (χ4n) is 5.00. The van der Waals surface area contributed by atoms with Crippen molar-refractivity contribution in [2.24, 2.45) is 0 Å². The zero-order valence-electron chi connectivity index (χ0n) is 18.0. The van der Waals surface area contributed by atoms with Crippen LogP contribution >= 0.6 is 0 Å². The molecule has 0 aromatic heterocycles. The molecule has 0 unspecified atom stereocenters. The van der Waals surface area contributed by atoms with Crippen molar-refractivity contribution in [2.75, 3.05) is 31.1 Å². The summed E-state index contributed by atoms with van der Waals surface area (Å²) >= 11 is 0. The Kier molecular flexibility index (Phi) is 5.30. The van der Waals surface area contributed by atoms with Gasteiger partial charge in [0.1, 0.15) is 12.4 Å². The molecular weight excluding hydrogens is 390 g/mol. The highest BCUT2D eigenvalue weighted by Crippen LogP contribution is 2.39. The Bertz CT molecular complexity index is 991. The summed E-state index contributed by atoms with van der Waals surface area (Å²) in [6, 6.07) is 16.2. The van der Waals surface area contributed by atoms with Crippen LogP contribution in [0.4, 0.5) is 10.5 Å². The van der Waals surface area contributed by atoms with Crippen molar-refractivity contribution in [1.29, 1.82) is 0 Å². The van der Waals surface area contributed by atoms with Crippen LogP contribution in [0.2, 0.25) is 0 Å². The maximum Gasteiger partial charge on any atom is 0.325 e. The minimum Gasteiger partial charge on any atom is -0.491 e. The van der Waals surface area contributed by atoms with Crippen molar-refractivity contribution in [3.05, 3.63) is 59.7 Å². The molecule has 2 atom stereocenters. The van der Waals surface area contributed by atoms with Gasteiger partial charge in [-0.05, 0) is 37.5 Å². The number of benzene rings is 2. The molecule has 1 saturated heterocycles. The van der Waals surface area contributed by atoms with Crippen LogP contribution in [0.5, 0.6) is 5.75 Å². The van der Waals surface area contributed by atoms with Crippen LogP contribution in [0, 0.1) is 0 Å². The topological polar surface area (TPSA) is 53.1 Å². The highest BCUT2D eigenvalue weighted by atomic mass is 16.5. The molecule has 31 heavy (non-hydrogen) atoms. The summed E-state index contributed by atoms with van der Waals surface area (Å²) in [4.78, 5) is 31.6. The van der Waals surface area contributed by atoms with Gasteiger partial charge in [0.05, 0.1) is 12.6 Å². The highest BCUT2D eigenvalue weighted by Gasteiger charge is 2.37. The van der Waals surface area contributed by atoms with Gasteiger partial charge in [-0.2, -0.15) is 0 Å². The number of hydrogen-bond acceptors (Lipinski definition) is 3. The molecule has 2 aromatic rings. The van der Waals surface area contributed by atoms with Gasteiger partial charge in [0.15, 0.2) is 0 Å². The van der Waals surface area contributed by atoms with Gasteiger partial charge in [-0.3, -0.25) is 9.69 Å². The number of rotatable bonds is 3. The molecule has 3 amide bonds. The van der Waals surface area contributed by atoms with E-state index in [9.17, 15) is 9.59 Å². The van der Waals surface area contributed by atoms with E-state index >= 15 is 0 Å². The summed E-state index contributed by atoms with van der Waals surface area (Å²) in [6.07, 6.45) is 2.51. The first-order valence-electron chi connectivity index (χ1n) is 11.3. The second kappa shape index (κ2) is 8.25. The van der Waals surface area contributed by atoms with Crippen LogP contribution in [0.3, 0.4) is 0 Å². The molecule has 0 spiro atoms. The molecule has 3 heterocycles. The predicted octanol–water partition coefficient (Wildman–Crippen LogP) is 4.01. The molecule has 0 radical (unpaired) electrons. The van der Waals surface area contributed by atoms with Gasteiger partial charge in [0, 0.05) is 43.2 Å². The van der Waals surface area contributed by atoms with Crippen molar-refractivity contribution in [2.45, 2.75) is 44.7 Å².